The Morgan fingerprint density at radius 3 is 2.18 bits per heavy atom. The van der Waals surface area contributed by atoms with E-state index in [4.69, 9.17) is 46.6 Å². The van der Waals surface area contributed by atoms with Crippen molar-refractivity contribution in [1.29, 1.82) is 0 Å². The Balaban J connectivity index is 0.000000961. The number of aliphatic hydroxyl groups is 1. The summed E-state index contributed by atoms with van der Waals surface area (Å²) < 4.78 is 17.9. The zero-order valence-corrected chi connectivity index (χ0v) is 28.5. The third-order valence-corrected chi connectivity index (χ3v) is 7.09. The van der Waals surface area contributed by atoms with Crippen molar-refractivity contribution in [1.82, 2.24) is 0 Å². The predicted molar refractivity (Wildman–Crippen MR) is 181 cm³/mol. The number of rotatable bonds is 5. The van der Waals surface area contributed by atoms with Crippen LogP contribution in [0, 0.1) is 25.9 Å². The van der Waals surface area contributed by atoms with E-state index in [1.807, 2.05) is 32.0 Å². The van der Waals surface area contributed by atoms with Gasteiger partial charge in [-0.05, 0) is 118 Å². The molecule has 3 aromatic rings. The molecule has 0 radical (unpaired) electrons. The number of methoxy groups -OCH3 is 1. The van der Waals surface area contributed by atoms with Crippen molar-refractivity contribution in [3.05, 3.63) is 63.7 Å². The second-order valence-electron chi connectivity index (χ2n) is 10.8. The zero-order chi connectivity index (χ0) is 33.6. The summed E-state index contributed by atoms with van der Waals surface area (Å²) in [6, 6.07) is 12.3. The van der Waals surface area contributed by atoms with Gasteiger partial charge in [0.05, 0.1) is 30.4 Å². The fourth-order valence-electron chi connectivity index (χ4n) is 5.22. The van der Waals surface area contributed by atoms with Crippen molar-refractivity contribution < 1.29 is 29.2 Å². The highest BCUT2D eigenvalue weighted by molar-refractivity contribution is 6.32. The topological polar surface area (TPSA) is 111 Å². The molecule has 44 heavy (non-hydrogen) atoms. The standard InChI is InChI=1S/C30H36ClNO3.C3H4O.C2H6.CH2O2/c1-17-27(21-11-13-24-20(15-21)9-8-14-34-24)26(19(3)35-30(4,5)6)18(2)29(32)28(17)22-10-12-23(31)25(16-22)33-7;1-2-3-4;1-2;2-1-3/h10-13,15-16,19H,8-9,14,32H2,1-7H3;4H,1H3;1-2H3;1H,(H,2,3). The van der Waals surface area contributed by atoms with Gasteiger partial charge < -0.3 is 30.2 Å². The predicted octanol–water partition coefficient (Wildman–Crippen LogP) is 9.15. The SMILES string of the molecule is CC.CC#CO.COc1cc(-c2c(C)c(-c3ccc4c(c3)CCCO4)c(C(C)OC(C)(C)C)c(C)c2N)ccc1Cl.O=CO. The number of hydrogen-bond acceptors (Lipinski definition) is 6. The van der Waals surface area contributed by atoms with Gasteiger partial charge in [0.25, 0.3) is 6.47 Å². The first kappa shape index (κ1) is 38.2. The van der Waals surface area contributed by atoms with Crippen molar-refractivity contribution in [3.63, 3.8) is 0 Å². The fourth-order valence-corrected chi connectivity index (χ4v) is 5.42. The first-order valence-corrected chi connectivity index (χ1v) is 15.1. The minimum Gasteiger partial charge on any atom is -0.495 e. The number of carboxylic acid groups (broad SMARTS) is 1. The van der Waals surface area contributed by atoms with E-state index in [-0.39, 0.29) is 18.2 Å². The Morgan fingerprint density at radius 1 is 1.07 bits per heavy atom. The third kappa shape index (κ3) is 9.83. The lowest BCUT2D eigenvalue weighted by molar-refractivity contribution is -0.122. The van der Waals surface area contributed by atoms with Crippen molar-refractivity contribution in [2.75, 3.05) is 19.5 Å². The molecule has 0 aromatic heterocycles. The molecule has 8 heteroatoms. The molecular weight excluding hydrogens is 578 g/mol. The molecular formula is C36H48ClNO6. The number of aliphatic hydroxyl groups excluding tert-OH is 1. The maximum absolute atomic E-state index is 8.36. The lowest BCUT2D eigenvalue weighted by Crippen LogP contribution is -2.22. The van der Waals surface area contributed by atoms with Crippen LogP contribution in [-0.2, 0) is 16.0 Å². The van der Waals surface area contributed by atoms with Gasteiger partial charge in [-0.25, -0.2) is 0 Å². The van der Waals surface area contributed by atoms with Gasteiger partial charge in [0.2, 0.25) is 0 Å². The highest BCUT2D eigenvalue weighted by Crippen LogP contribution is 2.47. The summed E-state index contributed by atoms with van der Waals surface area (Å²) >= 11 is 6.33. The fraction of sp³-hybridized carbons (Fsp3) is 0.417. The summed E-state index contributed by atoms with van der Waals surface area (Å²) in [5, 5.41) is 15.0. The number of fused-ring (bicyclic) bond motifs is 1. The maximum Gasteiger partial charge on any atom is 0.290 e. The Morgan fingerprint density at radius 2 is 1.64 bits per heavy atom. The molecule has 1 heterocycles. The summed E-state index contributed by atoms with van der Waals surface area (Å²) in [5.41, 5.74) is 16.1. The highest BCUT2D eigenvalue weighted by atomic mass is 35.5. The van der Waals surface area contributed by atoms with E-state index in [0.29, 0.717) is 10.8 Å². The molecule has 1 aliphatic heterocycles. The minimum atomic E-state index is -0.294. The number of nitrogens with two attached hydrogens (primary N) is 1. The molecule has 7 nitrogen and oxygen atoms in total. The quantitative estimate of drug-likeness (QED) is 0.147. The maximum atomic E-state index is 8.36. The number of aryl methyl sites for hydroxylation is 1. The Bertz CT molecular complexity index is 1440. The van der Waals surface area contributed by atoms with Gasteiger partial charge >= 0.3 is 0 Å². The van der Waals surface area contributed by atoms with Crippen LogP contribution in [0.25, 0.3) is 22.3 Å². The lowest BCUT2D eigenvalue weighted by atomic mass is 9.82. The van der Waals surface area contributed by atoms with Gasteiger partial charge in [0, 0.05) is 18.2 Å². The number of carbonyl (C=O) groups is 1. The highest BCUT2D eigenvalue weighted by Gasteiger charge is 2.27. The van der Waals surface area contributed by atoms with Crippen LogP contribution in [0.4, 0.5) is 5.69 Å². The number of hydrogen-bond donors (Lipinski definition) is 3. The van der Waals surface area contributed by atoms with Gasteiger partial charge in [-0.15, -0.1) is 0 Å². The van der Waals surface area contributed by atoms with Gasteiger partial charge in [0.15, 0.2) is 0 Å². The molecule has 3 aromatic carbocycles. The van der Waals surface area contributed by atoms with E-state index in [1.54, 1.807) is 20.1 Å². The van der Waals surface area contributed by atoms with E-state index >= 15 is 0 Å². The van der Waals surface area contributed by atoms with Crippen molar-refractivity contribution in [2.45, 2.75) is 86.9 Å². The van der Waals surface area contributed by atoms with Crippen molar-refractivity contribution in [3.8, 4) is 45.8 Å². The second-order valence-corrected chi connectivity index (χ2v) is 11.2. The molecule has 0 bridgehead atoms. The average molecular weight is 626 g/mol. The van der Waals surface area contributed by atoms with Crippen LogP contribution in [-0.4, -0.2) is 36.0 Å². The monoisotopic (exact) mass is 625 g/mol. The second kappa shape index (κ2) is 18.1. The largest absolute Gasteiger partial charge is 0.495 e. The molecule has 0 spiro atoms. The molecule has 0 fully saturated rings. The molecule has 240 valence electrons. The van der Waals surface area contributed by atoms with E-state index in [1.165, 1.54) is 5.56 Å². The van der Waals surface area contributed by atoms with Gasteiger partial charge in [-0.2, -0.15) is 0 Å². The average Bonchev–Trinajstić information content (AvgIpc) is 3.00. The smallest absolute Gasteiger partial charge is 0.290 e. The molecule has 1 unspecified atom stereocenters. The number of anilines is 1. The van der Waals surface area contributed by atoms with Crippen molar-refractivity contribution >= 4 is 23.8 Å². The molecule has 4 rings (SSSR count). The molecule has 0 saturated heterocycles. The minimum absolute atomic E-state index is 0.146. The number of benzene rings is 3. The molecule has 1 atom stereocenters. The van der Waals surface area contributed by atoms with E-state index < -0.39 is 0 Å². The molecule has 0 aliphatic carbocycles. The number of nitrogen functional groups attached to an aromatic ring is 1. The van der Waals surface area contributed by atoms with E-state index in [2.05, 4.69) is 65.7 Å². The lowest BCUT2D eigenvalue weighted by Gasteiger charge is -2.31. The van der Waals surface area contributed by atoms with Crippen LogP contribution in [0.1, 0.15) is 83.2 Å². The van der Waals surface area contributed by atoms with Crippen LogP contribution >= 0.6 is 11.6 Å². The van der Waals surface area contributed by atoms with Crippen LogP contribution < -0.4 is 15.2 Å². The summed E-state index contributed by atoms with van der Waals surface area (Å²) in [5.74, 6) is 3.84. The van der Waals surface area contributed by atoms with Gasteiger partial charge in [-0.1, -0.05) is 43.5 Å². The number of ether oxygens (including phenoxy) is 3. The molecule has 4 N–H and O–H groups in total. The summed E-state index contributed by atoms with van der Waals surface area (Å²) in [6.07, 6.45) is 3.58. The summed E-state index contributed by atoms with van der Waals surface area (Å²) in [6.45, 7) is 18.7. The molecule has 0 saturated carbocycles. The Kier molecular flexibility index (Phi) is 15.7. The third-order valence-electron chi connectivity index (χ3n) is 6.78. The normalized spacial score (nSPS) is 12.1. The summed E-state index contributed by atoms with van der Waals surface area (Å²) in [7, 11) is 1.63. The molecule has 0 amide bonds. The Hall–Kier alpha value is -3.86. The molecule has 1 aliphatic rings. The number of halogens is 1. The van der Waals surface area contributed by atoms with Crippen LogP contribution in [0.2, 0.25) is 5.02 Å². The van der Waals surface area contributed by atoms with Crippen LogP contribution in [0.5, 0.6) is 11.5 Å². The first-order valence-electron chi connectivity index (χ1n) is 14.7. The van der Waals surface area contributed by atoms with Crippen LogP contribution in [0.3, 0.4) is 0 Å². The Labute approximate surface area is 268 Å². The van der Waals surface area contributed by atoms with Crippen molar-refractivity contribution in [2.24, 2.45) is 0 Å². The summed E-state index contributed by atoms with van der Waals surface area (Å²) in [4.78, 5) is 8.36. The van der Waals surface area contributed by atoms with Gasteiger partial charge in [0.1, 0.15) is 17.6 Å². The van der Waals surface area contributed by atoms with E-state index in [9.17, 15) is 0 Å². The van der Waals surface area contributed by atoms with Crippen LogP contribution in [0.15, 0.2) is 36.4 Å². The zero-order valence-electron chi connectivity index (χ0n) is 27.7. The first-order chi connectivity index (χ1) is 20.8. The van der Waals surface area contributed by atoms with Gasteiger partial charge in [-0.3, -0.25) is 4.79 Å². The van der Waals surface area contributed by atoms with E-state index in [0.717, 1.165) is 69.8 Å².